The number of Topliss-reactive ketones (excluding diaryl/α,β-unsaturated/α-hetero) is 1. The monoisotopic (exact) mass is 214 g/mol. The highest BCUT2D eigenvalue weighted by Crippen LogP contribution is 1.97. The lowest BCUT2D eigenvalue weighted by atomic mass is 10.1. The lowest BCUT2D eigenvalue weighted by molar-refractivity contribution is -0.120. The highest BCUT2D eigenvalue weighted by atomic mass is 16.5. The summed E-state index contributed by atoms with van der Waals surface area (Å²) in [6, 6.07) is -0.174. The van der Waals surface area contributed by atoms with E-state index in [-0.39, 0.29) is 24.3 Å². The number of hydrogen-bond donors (Lipinski definition) is 1. The molecule has 0 saturated carbocycles. The van der Waals surface area contributed by atoms with E-state index in [0.717, 1.165) is 0 Å². The molecular formula is C10H18N2O3. The fourth-order valence-corrected chi connectivity index (χ4v) is 1.25. The van der Waals surface area contributed by atoms with Crippen molar-refractivity contribution in [3.63, 3.8) is 0 Å². The molecule has 1 saturated heterocycles. The van der Waals surface area contributed by atoms with E-state index < -0.39 is 0 Å². The van der Waals surface area contributed by atoms with Gasteiger partial charge in [0.25, 0.3) is 0 Å². The van der Waals surface area contributed by atoms with Gasteiger partial charge in [-0.25, -0.2) is 4.79 Å². The van der Waals surface area contributed by atoms with Gasteiger partial charge in [0.15, 0.2) is 5.78 Å². The van der Waals surface area contributed by atoms with Gasteiger partial charge in [0.2, 0.25) is 0 Å². The van der Waals surface area contributed by atoms with Crippen LogP contribution in [0.1, 0.15) is 13.8 Å². The van der Waals surface area contributed by atoms with Crippen molar-refractivity contribution >= 4 is 11.8 Å². The Balaban J connectivity index is 2.26. The summed E-state index contributed by atoms with van der Waals surface area (Å²) in [5.41, 5.74) is 0. The van der Waals surface area contributed by atoms with Gasteiger partial charge in [-0.15, -0.1) is 0 Å². The van der Waals surface area contributed by atoms with Crippen LogP contribution in [0.2, 0.25) is 0 Å². The summed E-state index contributed by atoms with van der Waals surface area (Å²) >= 11 is 0. The van der Waals surface area contributed by atoms with Gasteiger partial charge in [0, 0.05) is 19.0 Å². The maximum absolute atomic E-state index is 11.5. The van der Waals surface area contributed by atoms with Gasteiger partial charge in [0.1, 0.15) is 0 Å². The average Bonchev–Trinajstić information content (AvgIpc) is 2.26. The molecule has 0 aliphatic carbocycles. The van der Waals surface area contributed by atoms with E-state index in [1.165, 1.54) is 0 Å². The van der Waals surface area contributed by atoms with E-state index in [9.17, 15) is 9.59 Å². The Morgan fingerprint density at radius 1 is 1.33 bits per heavy atom. The SMILES string of the molecule is CC(C)C(=O)CNC(=O)N1CCOCC1. The first kappa shape index (κ1) is 12.0. The molecule has 0 unspecified atom stereocenters. The molecule has 0 spiro atoms. The van der Waals surface area contributed by atoms with Gasteiger partial charge in [-0.3, -0.25) is 4.79 Å². The minimum atomic E-state index is -0.174. The maximum Gasteiger partial charge on any atom is 0.317 e. The summed E-state index contributed by atoms with van der Waals surface area (Å²) in [5, 5.41) is 2.62. The molecule has 0 radical (unpaired) electrons. The molecule has 1 heterocycles. The van der Waals surface area contributed by atoms with Crippen molar-refractivity contribution in [2.24, 2.45) is 5.92 Å². The Kier molecular flexibility index (Phi) is 4.55. The van der Waals surface area contributed by atoms with E-state index in [2.05, 4.69) is 5.32 Å². The number of nitrogens with one attached hydrogen (secondary N) is 1. The Labute approximate surface area is 89.8 Å². The van der Waals surface area contributed by atoms with Crippen molar-refractivity contribution in [2.45, 2.75) is 13.8 Å². The second kappa shape index (κ2) is 5.70. The summed E-state index contributed by atoms with van der Waals surface area (Å²) in [6.45, 7) is 6.11. The standard InChI is InChI=1S/C10H18N2O3/c1-8(2)9(13)7-11-10(14)12-3-5-15-6-4-12/h8H,3-7H2,1-2H3,(H,11,14). The first-order valence-electron chi connectivity index (χ1n) is 5.24. The number of carbonyl (C=O) groups is 2. The van der Waals surface area contributed by atoms with Crippen LogP contribution in [0.4, 0.5) is 4.79 Å². The number of hydrogen-bond acceptors (Lipinski definition) is 3. The number of rotatable bonds is 3. The van der Waals surface area contributed by atoms with Crippen molar-refractivity contribution in [1.82, 2.24) is 10.2 Å². The molecule has 2 amide bonds. The number of urea groups is 1. The molecule has 0 aromatic rings. The molecule has 0 bridgehead atoms. The second-order valence-corrected chi connectivity index (χ2v) is 3.88. The van der Waals surface area contributed by atoms with Crippen LogP contribution in [0.5, 0.6) is 0 Å². The summed E-state index contributed by atoms with van der Waals surface area (Å²) in [7, 11) is 0. The Morgan fingerprint density at radius 2 is 1.93 bits per heavy atom. The third-order valence-corrected chi connectivity index (χ3v) is 2.36. The van der Waals surface area contributed by atoms with Crippen molar-refractivity contribution < 1.29 is 14.3 Å². The zero-order valence-corrected chi connectivity index (χ0v) is 9.28. The normalized spacial score (nSPS) is 16.6. The molecule has 1 aliphatic rings. The van der Waals surface area contributed by atoms with Crippen molar-refractivity contribution in [3.8, 4) is 0 Å². The molecule has 5 nitrogen and oxygen atoms in total. The van der Waals surface area contributed by atoms with Crippen molar-refractivity contribution in [3.05, 3.63) is 0 Å². The lowest BCUT2D eigenvalue weighted by Gasteiger charge is -2.26. The van der Waals surface area contributed by atoms with E-state index in [0.29, 0.717) is 26.3 Å². The van der Waals surface area contributed by atoms with Crippen LogP contribution in [-0.4, -0.2) is 49.6 Å². The van der Waals surface area contributed by atoms with E-state index >= 15 is 0 Å². The summed E-state index contributed by atoms with van der Waals surface area (Å²) in [5.74, 6) is 0.0200. The molecule has 1 rings (SSSR count). The highest BCUT2D eigenvalue weighted by molar-refractivity contribution is 5.86. The smallest absolute Gasteiger partial charge is 0.317 e. The van der Waals surface area contributed by atoms with Crippen LogP contribution in [0.15, 0.2) is 0 Å². The molecule has 5 heteroatoms. The van der Waals surface area contributed by atoms with E-state index in [4.69, 9.17) is 4.74 Å². The first-order valence-corrected chi connectivity index (χ1v) is 5.24. The Morgan fingerprint density at radius 3 is 2.47 bits per heavy atom. The van der Waals surface area contributed by atoms with Crippen molar-refractivity contribution in [2.75, 3.05) is 32.8 Å². The topological polar surface area (TPSA) is 58.6 Å². The van der Waals surface area contributed by atoms with Crippen LogP contribution < -0.4 is 5.32 Å². The number of ether oxygens (including phenoxy) is 1. The van der Waals surface area contributed by atoms with Gasteiger partial charge in [-0.05, 0) is 0 Å². The fraction of sp³-hybridized carbons (Fsp3) is 0.800. The summed E-state index contributed by atoms with van der Waals surface area (Å²) < 4.78 is 5.13. The van der Waals surface area contributed by atoms with Gasteiger partial charge in [-0.2, -0.15) is 0 Å². The first-order chi connectivity index (χ1) is 7.11. The number of morpholine rings is 1. The van der Waals surface area contributed by atoms with E-state index in [1.807, 2.05) is 13.8 Å². The zero-order valence-electron chi connectivity index (χ0n) is 9.28. The van der Waals surface area contributed by atoms with Gasteiger partial charge < -0.3 is 15.0 Å². The van der Waals surface area contributed by atoms with Crippen LogP contribution in [0, 0.1) is 5.92 Å². The Bertz CT molecular complexity index is 235. The molecule has 1 fully saturated rings. The minimum Gasteiger partial charge on any atom is -0.378 e. The fourth-order valence-electron chi connectivity index (χ4n) is 1.25. The molecule has 1 N–H and O–H groups in total. The van der Waals surface area contributed by atoms with Crippen LogP contribution >= 0.6 is 0 Å². The van der Waals surface area contributed by atoms with Gasteiger partial charge >= 0.3 is 6.03 Å². The van der Waals surface area contributed by atoms with Crippen LogP contribution in [0.25, 0.3) is 0 Å². The van der Waals surface area contributed by atoms with Crippen molar-refractivity contribution in [1.29, 1.82) is 0 Å². The molecule has 1 aliphatic heterocycles. The summed E-state index contributed by atoms with van der Waals surface area (Å²) in [4.78, 5) is 24.5. The van der Waals surface area contributed by atoms with Gasteiger partial charge in [-0.1, -0.05) is 13.8 Å². The quantitative estimate of drug-likeness (QED) is 0.732. The highest BCUT2D eigenvalue weighted by Gasteiger charge is 2.17. The molecule has 15 heavy (non-hydrogen) atoms. The largest absolute Gasteiger partial charge is 0.378 e. The number of nitrogens with zero attached hydrogens (tertiary/aromatic N) is 1. The zero-order chi connectivity index (χ0) is 11.3. The molecule has 0 aromatic carbocycles. The molecule has 0 aromatic heterocycles. The number of ketones is 1. The summed E-state index contributed by atoms with van der Waals surface area (Å²) in [6.07, 6.45) is 0. The van der Waals surface area contributed by atoms with Crippen LogP contribution in [0.3, 0.4) is 0 Å². The third kappa shape index (κ3) is 3.87. The predicted octanol–water partition coefficient (Wildman–Crippen LogP) is 0.253. The molecule has 86 valence electrons. The molecule has 0 atom stereocenters. The Hall–Kier alpha value is -1.10. The maximum atomic E-state index is 11.5. The number of carbonyl (C=O) groups excluding carboxylic acids is 2. The minimum absolute atomic E-state index is 0.0324. The number of amides is 2. The van der Waals surface area contributed by atoms with E-state index in [1.54, 1.807) is 4.90 Å². The second-order valence-electron chi connectivity index (χ2n) is 3.88. The average molecular weight is 214 g/mol. The third-order valence-electron chi connectivity index (χ3n) is 2.36. The van der Waals surface area contributed by atoms with Gasteiger partial charge in [0.05, 0.1) is 19.8 Å². The molecular weight excluding hydrogens is 196 g/mol. The predicted molar refractivity (Wildman–Crippen MR) is 55.6 cm³/mol. The lowest BCUT2D eigenvalue weighted by Crippen LogP contribution is -2.47. The van der Waals surface area contributed by atoms with Crippen LogP contribution in [-0.2, 0) is 9.53 Å².